The lowest BCUT2D eigenvalue weighted by Crippen LogP contribution is -2.48. The second-order valence-electron chi connectivity index (χ2n) is 10.9. The quantitative estimate of drug-likeness (QED) is 0.483. The maximum atomic E-state index is 12.6. The minimum Gasteiger partial charge on any atom is -0.393 e. The minimum absolute atomic E-state index is 0.113. The molecule has 0 bridgehead atoms. The number of benzene rings is 2. The Morgan fingerprint density at radius 3 is 1.40 bits per heavy atom. The molecule has 2 saturated heterocycles. The molecule has 2 heterocycles. The van der Waals surface area contributed by atoms with E-state index in [9.17, 15) is 19.2 Å². The van der Waals surface area contributed by atoms with E-state index in [4.69, 9.17) is 9.47 Å². The predicted molar refractivity (Wildman–Crippen MR) is 123 cm³/mol. The standard InChI is InChI=1S/C29H26O6/c30-25-19-11-9-15(13-21(19)27(32)34-25)29(16-10-12-20-22(14-16)28(33)35-26(20)31)23-7-3-1-5-17(23)18-6-2-4-8-24(18)29/h1-8,15-16,19-22H,9-14H2. The van der Waals surface area contributed by atoms with Crippen LogP contribution in [0.15, 0.2) is 48.5 Å². The molecule has 0 N–H and O–H groups in total. The van der Waals surface area contributed by atoms with Gasteiger partial charge in [-0.2, -0.15) is 0 Å². The first kappa shape index (κ1) is 21.0. The van der Waals surface area contributed by atoms with Crippen LogP contribution in [0.25, 0.3) is 11.1 Å². The zero-order valence-corrected chi connectivity index (χ0v) is 19.3. The fraction of sp³-hybridized carbons (Fsp3) is 0.448. The summed E-state index contributed by atoms with van der Waals surface area (Å²) in [5.74, 6) is -2.84. The highest BCUT2D eigenvalue weighted by atomic mass is 16.6. The van der Waals surface area contributed by atoms with Gasteiger partial charge in [0.1, 0.15) is 0 Å². The molecule has 5 aliphatic rings. The summed E-state index contributed by atoms with van der Waals surface area (Å²) >= 11 is 0. The summed E-state index contributed by atoms with van der Waals surface area (Å²) in [5.41, 5.74) is 4.47. The smallest absolute Gasteiger partial charge is 0.317 e. The summed E-state index contributed by atoms with van der Waals surface area (Å²) in [6, 6.07) is 17.0. The van der Waals surface area contributed by atoms with Gasteiger partial charge in [-0.3, -0.25) is 19.2 Å². The Balaban J connectivity index is 1.40. The first-order valence-electron chi connectivity index (χ1n) is 12.7. The molecular formula is C29H26O6. The van der Waals surface area contributed by atoms with Crippen molar-refractivity contribution in [2.75, 3.05) is 0 Å². The van der Waals surface area contributed by atoms with Crippen LogP contribution in [0.4, 0.5) is 0 Å². The van der Waals surface area contributed by atoms with Gasteiger partial charge in [-0.1, -0.05) is 48.5 Å². The maximum Gasteiger partial charge on any atom is 0.317 e. The molecule has 6 heteroatoms. The number of rotatable bonds is 2. The molecule has 4 fully saturated rings. The number of ether oxygens (including phenoxy) is 2. The molecule has 6 nitrogen and oxygen atoms in total. The fourth-order valence-corrected chi connectivity index (χ4v) is 8.27. The summed E-state index contributed by atoms with van der Waals surface area (Å²) < 4.78 is 10.1. The molecule has 6 unspecified atom stereocenters. The zero-order chi connectivity index (χ0) is 23.9. The van der Waals surface area contributed by atoms with Gasteiger partial charge in [0, 0.05) is 5.41 Å². The lowest BCUT2D eigenvalue weighted by molar-refractivity contribution is -0.155. The number of carbonyl (C=O) groups excluding carboxylic acids is 4. The van der Waals surface area contributed by atoms with Crippen molar-refractivity contribution in [3.63, 3.8) is 0 Å². The highest BCUT2D eigenvalue weighted by molar-refractivity contribution is 5.97. The summed E-state index contributed by atoms with van der Waals surface area (Å²) in [7, 11) is 0. The van der Waals surface area contributed by atoms with Gasteiger partial charge in [0.15, 0.2) is 0 Å². The van der Waals surface area contributed by atoms with Crippen molar-refractivity contribution in [2.24, 2.45) is 35.5 Å². The first-order chi connectivity index (χ1) is 17.0. The molecular weight excluding hydrogens is 444 g/mol. The van der Waals surface area contributed by atoms with Gasteiger partial charge in [0.25, 0.3) is 0 Å². The van der Waals surface area contributed by atoms with Crippen molar-refractivity contribution in [2.45, 2.75) is 43.9 Å². The van der Waals surface area contributed by atoms with Crippen LogP contribution in [-0.2, 0) is 34.1 Å². The Morgan fingerprint density at radius 1 is 0.543 bits per heavy atom. The summed E-state index contributed by atoms with van der Waals surface area (Å²) in [6.07, 6.45) is 4.05. The van der Waals surface area contributed by atoms with Gasteiger partial charge >= 0.3 is 23.9 Å². The van der Waals surface area contributed by atoms with Crippen molar-refractivity contribution in [1.29, 1.82) is 0 Å². The average molecular weight is 471 g/mol. The lowest BCUT2D eigenvalue weighted by atomic mass is 9.51. The lowest BCUT2D eigenvalue weighted by Gasteiger charge is -2.50. The summed E-state index contributed by atoms with van der Waals surface area (Å²) in [6.45, 7) is 0. The Bertz CT molecular complexity index is 1190. The highest BCUT2D eigenvalue weighted by Gasteiger charge is 2.60. The number of fused-ring (bicyclic) bond motifs is 5. The highest BCUT2D eigenvalue weighted by Crippen LogP contribution is 2.63. The molecule has 178 valence electrons. The Hall–Kier alpha value is -3.28. The van der Waals surface area contributed by atoms with Crippen LogP contribution in [0.2, 0.25) is 0 Å². The van der Waals surface area contributed by atoms with Gasteiger partial charge in [0.05, 0.1) is 23.7 Å². The molecule has 7 rings (SSSR count). The van der Waals surface area contributed by atoms with Crippen molar-refractivity contribution in [1.82, 2.24) is 0 Å². The van der Waals surface area contributed by atoms with Gasteiger partial charge in [-0.25, -0.2) is 0 Å². The molecule has 0 spiro atoms. The average Bonchev–Trinajstić information content (AvgIpc) is 3.46. The molecule has 0 amide bonds. The maximum absolute atomic E-state index is 12.6. The van der Waals surface area contributed by atoms with Gasteiger partial charge in [-0.15, -0.1) is 0 Å². The number of hydrogen-bond acceptors (Lipinski definition) is 6. The van der Waals surface area contributed by atoms with E-state index in [0.717, 1.165) is 12.8 Å². The van der Waals surface area contributed by atoms with Crippen molar-refractivity contribution in [3.8, 4) is 11.1 Å². The third kappa shape index (κ3) is 2.71. The van der Waals surface area contributed by atoms with Crippen molar-refractivity contribution >= 4 is 23.9 Å². The van der Waals surface area contributed by atoms with E-state index in [1.165, 1.54) is 22.3 Å². The van der Waals surface area contributed by atoms with E-state index in [-0.39, 0.29) is 35.6 Å². The van der Waals surface area contributed by atoms with E-state index in [1.54, 1.807) is 0 Å². The van der Waals surface area contributed by atoms with Crippen LogP contribution in [0.3, 0.4) is 0 Å². The topological polar surface area (TPSA) is 86.7 Å². The van der Waals surface area contributed by atoms with Gasteiger partial charge < -0.3 is 9.47 Å². The summed E-state index contributed by atoms with van der Waals surface area (Å²) in [4.78, 5) is 49.9. The largest absolute Gasteiger partial charge is 0.393 e. The van der Waals surface area contributed by atoms with Crippen LogP contribution in [0.5, 0.6) is 0 Å². The molecule has 2 saturated carbocycles. The predicted octanol–water partition coefficient (Wildman–Crippen LogP) is 4.18. The van der Waals surface area contributed by atoms with Crippen LogP contribution in [-0.4, -0.2) is 23.9 Å². The SMILES string of the molecule is O=C1OC(=O)C2CC(C3(C4CCC5C(=O)OC(=O)C5C4)c4ccccc4-c4ccccc43)CCC12. The molecule has 0 aromatic heterocycles. The second kappa shape index (κ2) is 7.36. The van der Waals surface area contributed by atoms with Gasteiger partial charge in [0.2, 0.25) is 0 Å². The van der Waals surface area contributed by atoms with E-state index >= 15 is 0 Å². The number of hydrogen-bond donors (Lipinski definition) is 0. The number of cyclic esters (lactones) is 4. The second-order valence-corrected chi connectivity index (χ2v) is 10.9. The van der Waals surface area contributed by atoms with Crippen LogP contribution in [0.1, 0.15) is 49.7 Å². The van der Waals surface area contributed by atoms with E-state index < -0.39 is 29.2 Å². The van der Waals surface area contributed by atoms with Gasteiger partial charge in [-0.05, 0) is 72.6 Å². The number of carbonyl (C=O) groups is 4. The molecule has 2 aromatic carbocycles. The first-order valence-corrected chi connectivity index (χ1v) is 12.7. The molecule has 35 heavy (non-hydrogen) atoms. The Kier molecular flexibility index (Phi) is 4.42. The Morgan fingerprint density at radius 2 is 0.943 bits per heavy atom. The third-order valence-electron chi connectivity index (χ3n) is 9.64. The molecule has 3 aliphatic carbocycles. The van der Waals surface area contributed by atoms with E-state index in [0.29, 0.717) is 25.7 Å². The number of esters is 4. The Labute approximate surface area is 203 Å². The van der Waals surface area contributed by atoms with Crippen molar-refractivity contribution in [3.05, 3.63) is 59.7 Å². The molecule has 0 radical (unpaired) electrons. The normalized spacial score (nSPS) is 34.5. The van der Waals surface area contributed by atoms with Crippen LogP contribution < -0.4 is 0 Å². The monoisotopic (exact) mass is 470 g/mol. The fourth-order valence-electron chi connectivity index (χ4n) is 8.27. The minimum atomic E-state index is -0.410. The molecule has 6 atom stereocenters. The van der Waals surface area contributed by atoms with Crippen molar-refractivity contribution < 1.29 is 28.7 Å². The summed E-state index contributed by atoms with van der Waals surface area (Å²) in [5, 5.41) is 0. The van der Waals surface area contributed by atoms with E-state index in [2.05, 4.69) is 48.5 Å². The zero-order valence-electron chi connectivity index (χ0n) is 19.3. The van der Waals surface area contributed by atoms with E-state index in [1.807, 2.05) is 0 Å². The molecule has 2 aliphatic heterocycles. The van der Waals surface area contributed by atoms with Crippen LogP contribution >= 0.6 is 0 Å². The molecule has 2 aromatic rings. The van der Waals surface area contributed by atoms with Crippen LogP contribution in [0, 0.1) is 35.5 Å². The third-order valence-corrected chi connectivity index (χ3v) is 9.64.